The summed E-state index contributed by atoms with van der Waals surface area (Å²) in [6, 6.07) is 7.01. The maximum absolute atomic E-state index is 11.7. The third kappa shape index (κ3) is 3.48. The monoisotopic (exact) mass is 258 g/mol. The lowest BCUT2D eigenvalue weighted by molar-refractivity contribution is 0.0527. The van der Waals surface area contributed by atoms with E-state index in [2.05, 4.69) is 20.5 Å². The van der Waals surface area contributed by atoms with Crippen LogP contribution in [-0.2, 0) is 11.3 Å². The van der Waals surface area contributed by atoms with E-state index in [1.54, 1.807) is 37.5 Å². The molecule has 0 aromatic carbocycles. The highest BCUT2D eigenvalue weighted by molar-refractivity contribution is 5.94. The van der Waals surface area contributed by atoms with Crippen molar-refractivity contribution in [1.82, 2.24) is 15.2 Å². The minimum Gasteiger partial charge on any atom is -0.462 e. The second-order valence-corrected chi connectivity index (χ2v) is 3.69. The number of esters is 1. The molecule has 2 heterocycles. The van der Waals surface area contributed by atoms with E-state index in [1.807, 2.05) is 6.07 Å². The Kier molecular flexibility index (Phi) is 4.39. The molecular formula is C13H14N4O2. The molecule has 6 nitrogen and oxygen atoms in total. The predicted molar refractivity (Wildman–Crippen MR) is 69.6 cm³/mol. The van der Waals surface area contributed by atoms with E-state index in [9.17, 15) is 4.79 Å². The van der Waals surface area contributed by atoms with E-state index in [1.165, 1.54) is 0 Å². The predicted octanol–water partition coefficient (Wildman–Crippen LogP) is 1.66. The Morgan fingerprint density at radius 1 is 1.32 bits per heavy atom. The fraction of sp³-hybridized carbons (Fsp3) is 0.231. The van der Waals surface area contributed by atoms with Crippen molar-refractivity contribution < 1.29 is 9.53 Å². The number of aromatic nitrogens is 3. The molecule has 2 aromatic rings. The van der Waals surface area contributed by atoms with Gasteiger partial charge in [0.2, 0.25) is 0 Å². The lowest BCUT2D eigenvalue weighted by Crippen LogP contribution is -2.11. The van der Waals surface area contributed by atoms with E-state index in [4.69, 9.17) is 4.74 Å². The molecule has 0 atom stereocenters. The third-order valence-corrected chi connectivity index (χ3v) is 2.37. The molecule has 0 aliphatic rings. The number of nitrogens with zero attached hydrogens (tertiary/aromatic N) is 3. The van der Waals surface area contributed by atoms with Gasteiger partial charge in [-0.15, -0.1) is 0 Å². The quantitative estimate of drug-likeness (QED) is 0.822. The second-order valence-electron chi connectivity index (χ2n) is 3.69. The van der Waals surface area contributed by atoms with Gasteiger partial charge in [-0.05, 0) is 31.2 Å². The van der Waals surface area contributed by atoms with E-state index in [0.29, 0.717) is 24.5 Å². The molecule has 0 unspecified atom stereocenters. The zero-order valence-electron chi connectivity index (χ0n) is 10.5. The Morgan fingerprint density at radius 2 is 2.16 bits per heavy atom. The average Bonchev–Trinajstić information content (AvgIpc) is 2.47. The Balaban J connectivity index is 2.10. The molecule has 0 aliphatic heterocycles. The van der Waals surface area contributed by atoms with E-state index < -0.39 is 5.97 Å². The fourth-order valence-electron chi connectivity index (χ4n) is 1.52. The highest BCUT2D eigenvalue weighted by Crippen LogP contribution is 2.13. The van der Waals surface area contributed by atoms with Gasteiger partial charge in [0.05, 0.1) is 18.8 Å². The molecular weight excluding hydrogens is 244 g/mol. The van der Waals surface area contributed by atoms with Crippen molar-refractivity contribution in [1.29, 1.82) is 0 Å². The Hall–Kier alpha value is -2.50. The minimum atomic E-state index is -0.391. The van der Waals surface area contributed by atoms with Gasteiger partial charge in [-0.3, -0.25) is 0 Å². The molecule has 0 aliphatic carbocycles. The van der Waals surface area contributed by atoms with Gasteiger partial charge in [0, 0.05) is 12.4 Å². The minimum absolute atomic E-state index is 0.331. The first-order chi connectivity index (χ1) is 9.31. The SMILES string of the molecule is CCOC(=O)c1cccnc1NCc1cccnn1. The molecule has 0 radical (unpaired) electrons. The van der Waals surface area contributed by atoms with Gasteiger partial charge >= 0.3 is 5.97 Å². The highest BCUT2D eigenvalue weighted by Gasteiger charge is 2.12. The molecule has 2 aromatic heterocycles. The summed E-state index contributed by atoms with van der Waals surface area (Å²) in [4.78, 5) is 15.9. The topological polar surface area (TPSA) is 77.0 Å². The smallest absolute Gasteiger partial charge is 0.341 e. The number of hydrogen-bond acceptors (Lipinski definition) is 6. The first kappa shape index (κ1) is 12.9. The van der Waals surface area contributed by atoms with Crippen LogP contribution in [-0.4, -0.2) is 27.8 Å². The number of carbonyl (C=O) groups is 1. The number of rotatable bonds is 5. The van der Waals surface area contributed by atoms with Gasteiger partial charge in [-0.25, -0.2) is 9.78 Å². The molecule has 98 valence electrons. The highest BCUT2D eigenvalue weighted by atomic mass is 16.5. The van der Waals surface area contributed by atoms with Gasteiger partial charge in [0.1, 0.15) is 11.4 Å². The number of pyridine rings is 1. The molecule has 0 amide bonds. The van der Waals surface area contributed by atoms with Crippen LogP contribution in [0.25, 0.3) is 0 Å². The molecule has 2 rings (SSSR count). The van der Waals surface area contributed by atoms with Crippen molar-refractivity contribution in [3.8, 4) is 0 Å². The molecule has 1 N–H and O–H groups in total. The summed E-state index contributed by atoms with van der Waals surface area (Å²) in [6.07, 6.45) is 3.22. The van der Waals surface area contributed by atoms with Crippen molar-refractivity contribution in [2.75, 3.05) is 11.9 Å². The van der Waals surface area contributed by atoms with Crippen molar-refractivity contribution in [3.63, 3.8) is 0 Å². The first-order valence-electron chi connectivity index (χ1n) is 5.94. The standard InChI is InChI=1S/C13H14N4O2/c1-2-19-13(18)11-6-4-7-14-12(11)15-9-10-5-3-8-16-17-10/h3-8H,2,9H2,1H3,(H,14,15). The summed E-state index contributed by atoms with van der Waals surface area (Å²) >= 11 is 0. The van der Waals surface area contributed by atoms with Crippen molar-refractivity contribution in [3.05, 3.63) is 47.9 Å². The van der Waals surface area contributed by atoms with Crippen molar-refractivity contribution >= 4 is 11.8 Å². The second kappa shape index (κ2) is 6.44. The van der Waals surface area contributed by atoms with Crippen LogP contribution in [0.4, 0.5) is 5.82 Å². The van der Waals surface area contributed by atoms with Crippen LogP contribution in [0.2, 0.25) is 0 Å². The molecule has 0 spiro atoms. The number of ether oxygens (including phenoxy) is 1. The molecule has 0 bridgehead atoms. The van der Waals surface area contributed by atoms with Crippen LogP contribution in [0.15, 0.2) is 36.7 Å². The number of anilines is 1. The zero-order valence-corrected chi connectivity index (χ0v) is 10.5. The molecule has 0 saturated heterocycles. The van der Waals surface area contributed by atoms with Crippen LogP contribution >= 0.6 is 0 Å². The van der Waals surface area contributed by atoms with Crippen LogP contribution in [0.3, 0.4) is 0 Å². The van der Waals surface area contributed by atoms with Gasteiger partial charge in [0.15, 0.2) is 0 Å². The maximum atomic E-state index is 11.7. The zero-order chi connectivity index (χ0) is 13.5. The fourth-order valence-corrected chi connectivity index (χ4v) is 1.52. The molecule has 6 heteroatoms. The number of nitrogens with one attached hydrogen (secondary N) is 1. The van der Waals surface area contributed by atoms with Gasteiger partial charge < -0.3 is 10.1 Å². The summed E-state index contributed by atoms with van der Waals surface area (Å²) in [5, 5.41) is 10.8. The Bertz CT molecular complexity index is 545. The first-order valence-corrected chi connectivity index (χ1v) is 5.94. The normalized spacial score (nSPS) is 9.95. The number of hydrogen-bond donors (Lipinski definition) is 1. The lowest BCUT2D eigenvalue weighted by Gasteiger charge is -2.09. The van der Waals surface area contributed by atoms with Gasteiger partial charge in [-0.1, -0.05) is 0 Å². The summed E-state index contributed by atoms with van der Waals surface area (Å²) in [6.45, 7) is 2.54. The summed E-state index contributed by atoms with van der Waals surface area (Å²) in [5.74, 6) is 0.0869. The lowest BCUT2D eigenvalue weighted by atomic mass is 10.2. The summed E-state index contributed by atoms with van der Waals surface area (Å²) in [5.41, 5.74) is 1.18. The largest absolute Gasteiger partial charge is 0.462 e. The molecule has 0 fully saturated rings. The van der Waals surface area contributed by atoms with Crippen molar-refractivity contribution in [2.24, 2.45) is 0 Å². The van der Waals surface area contributed by atoms with Crippen LogP contribution < -0.4 is 5.32 Å². The van der Waals surface area contributed by atoms with Crippen LogP contribution in [0, 0.1) is 0 Å². The van der Waals surface area contributed by atoms with E-state index >= 15 is 0 Å². The Labute approximate surface area is 110 Å². The summed E-state index contributed by atoms with van der Waals surface area (Å²) < 4.78 is 4.97. The summed E-state index contributed by atoms with van der Waals surface area (Å²) in [7, 11) is 0. The van der Waals surface area contributed by atoms with Crippen LogP contribution in [0.1, 0.15) is 23.0 Å². The maximum Gasteiger partial charge on any atom is 0.341 e. The van der Waals surface area contributed by atoms with Gasteiger partial charge in [0.25, 0.3) is 0 Å². The van der Waals surface area contributed by atoms with E-state index in [-0.39, 0.29) is 0 Å². The van der Waals surface area contributed by atoms with Gasteiger partial charge in [-0.2, -0.15) is 10.2 Å². The third-order valence-electron chi connectivity index (χ3n) is 2.37. The van der Waals surface area contributed by atoms with E-state index in [0.717, 1.165) is 5.69 Å². The Morgan fingerprint density at radius 3 is 2.89 bits per heavy atom. The average molecular weight is 258 g/mol. The number of carbonyl (C=O) groups excluding carboxylic acids is 1. The molecule has 0 saturated carbocycles. The van der Waals surface area contributed by atoms with Crippen molar-refractivity contribution in [2.45, 2.75) is 13.5 Å². The molecule has 19 heavy (non-hydrogen) atoms. The van der Waals surface area contributed by atoms with Crippen LogP contribution in [0.5, 0.6) is 0 Å².